The van der Waals surface area contributed by atoms with Gasteiger partial charge in [0, 0.05) is 18.0 Å². The predicted octanol–water partition coefficient (Wildman–Crippen LogP) is 2.52. The van der Waals surface area contributed by atoms with Crippen LogP contribution >= 0.6 is 23.7 Å². The van der Waals surface area contributed by atoms with Crippen molar-refractivity contribution >= 4 is 23.7 Å². The minimum absolute atomic E-state index is 0. The molecule has 1 aliphatic heterocycles. The maximum atomic E-state index is 3.28. The molecule has 1 atom stereocenters. The molecule has 0 saturated carbocycles. The number of aryl methyl sites for hydroxylation is 1. The van der Waals surface area contributed by atoms with E-state index < -0.39 is 0 Å². The van der Waals surface area contributed by atoms with Gasteiger partial charge in [0.05, 0.1) is 0 Å². The Balaban J connectivity index is 0.00000128. The standard InChI is InChI=1S/C12H20N2S.ClH/c1-10-4-6-15-12(10)9-14-5-3-11(8-14)7-13-2;/h4,6,11,13H,3,5,7-9H2,1-2H3;1H. The first-order valence-electron chi connectivity index (χ1n) is 5.69. The van der Waals surface area contributed by atoms with Crippen LogP contribution in [-0.4, -0.2) is 31.6 Å². The van der Waals surface area contributed by atoms with Gasteiger partial charge < -0.3 is 5.32 Å². The summed E-state index contributed by atoms with van der Waals surface area (Å²) in [5, 5.41) is 5.48. The van der Waals surface area contributed by atoms with E-state index >= 15 is 0 Å². The Morgan fingerprint density at radius 3 is 3.00 bits per heavy atom. The first-order valence-corrected chi connectivity index (χ1v) is 6.57. The van der Waals surface area contributed by atoms with E-state index in [1.165, 1.54) is 31.6 Å². The van der Waals surface area contributed by atoms with Crippen molar-refractivity contribution in [3.8, 4) is 0 Å². The number of nitrogens with one attached hydrogen (secondary N) is 1. The fraction of sp³-hybridized carbons (Fsp3) is 0.667. The van der Waals surface area contributed by atoms with Crippen molar-refractivity contribution in [3.05, 3.63) is 21.9 Å². The van der Waals surface area contributed by atoms with Crippen LogP contribution in [0.4, 0.5) is 0 Å². The first kappa shape index (κ1) is 14.0. The molecule has 1 fully saturated rings. The number of rotatable bonds is 4. The Bertz CT molecular complexity index is 314. The number of hydrogen-bond acceptors (Lipinski definition) is 3. The lowest BCUT2D eigenvalue weighted by atomic mass is 10.1. The van der Waals surface area contributed by atoms with Gasteiger partial charge in [0.15, 0.2) is 0 Å². The monoisotopic (exact) mass is 260 g/mol. The SMILES string of the molecule is CNCC1CCN(Cc2sccc2C)C1.Cl. The van der Waals surface area contributed by atoms with Crippen LogP contribution in [0.2, 0.25) is 0 Å². The third kappa shape index (κ3) is 3.45. The zero-order valence-corrected chi connectivity index (χ0v) is 11.7. The Kier molecular flexibility index (Phi) is 5.76. The molecule has 1 aromatic rings. The van der Waals surface area contributed by atoms with Crippen LogP contribution in [0.3, 0.4) is 0 Å². The second kappa shape index (κ2) is 6.60. The topological polar surface area (TPSA) is 15.3 Å². The second-order valence-corrected chi connectivity index (χ2v) is 5.47. The Morgan fingerprint density at radius 1 is 1.56 bits per heavy atom. The average molecular weight is 261 g/mol. The van der Waals surface area contributed by atoms with Gasteiger partial charge in [-0.25, -0.2) is 0 Å². The molecule has 2 rings (SSSR count). The fourth-order valence-corrected chi connectivity index (χ4v) is 3.23. The van der Waals surface area contributed by atoms with Gasteiger partial charge in [-0.2, -0.15) is 0 Å². The largest absolute Gasteiger partial charge is 0.319 e. The number of nitrogens with zero attached hydrogens (tertiary/aromatic N) is 1. The normalized spacial score (nSPS) is 21.0. The quantitative estimate of drug-likeness (QED) is 0.895. The van der Waals surface area contributed by atoms with Gasteiger partial charge in [-0.05, 0) is 56.4 Å². The molecule has 0 amide bonds. The van der Waals surface area contributed by atoms with Crippen molar-refractivity contribution in [1.82, 2.24) is 10.2 Å². The van der Waals surface area contributed by atoms with Gasteiger partial charge in [0.1, 0.15) is 0 Å². The van der Waals surface area contributed by atoms with Crippen molar-refractivity contribution in [2.75, 3.05) is 26.7 Å². The van der Waals surface area contributed by atoms with Crippen LogP contribution in [0, 0.1) is 12.8 Å². The third-order valence-electron chi connectivity index (χ3n) is 3.20. The van der Waals surface area contributed by atoms with Gasteiger partial charge in [-0.3, -0.25) is 4.90 Å². The number of thiophene rings is 1. The summed E-state index contributed by atoms with van der Waals surface area (Å²) < 4.78 is 0. The van der Waals surface area contributed by atoms with Crippen LogP contribution in [0.15, 0.2) is 11.4 Å². The van der Waals surface area contributed by atoms with E-state index in [1.54, 1.807) is 4.88 Å². The highest BCUT2D eigenvalue weighted by Gasteiger charge is 2.22. The van der Waals surface area contributed by atoms with E-state index in [0.29, 0.717) is 0 Å². The molecular formula is C12H21ClN2S. The number of halogens is 1. The molecule has 0 radical (unpaired) electrons. The van der Waals surface area contributed by atoms with Crippen LogP contribution in [0.1, 0.15) is 16.9 Å². The van der Waals surface area contributed by atoms with Crippen molar-refractivity contribution in [2.45, 2.75) is 19.9 Å². The smallest absolute Gasteiger partial charge is 0.0330 e. The van der Waals surface area contributed by atoms with E-state index in [9.17, 15) is 0 Å². The fourth-order valence-electron chi connectivity index (χ4n) is 2.28. The summed E-state index contributed by atoms with van der Waals surface area (Å²) in [4.78, 5) is 4.13. The van der Waals surface area contributed by atoms with Crippen molar-refractivity contribution in [2.24, 2.45) is 5.92 Å². The molecule has 0 bridgehead atoms. The molecule has 16 heavy (non-hydrogen) atoms. The van der Waals surface area contributed by atoms with E-state index in [4.69, 9.17) is 0 Å². The number of likely N-dealkylation sites (tertiary alicyclic amines) is 1. The molecule has 2 heterocycles. The highest BCUT2D eigenvalue weighted by Crippen LogP contribution is 2.22. The molecule has 1 aromatic heterocycles. The lowest BCUT2D eigenvalue weighted by Crippen LogP contribution is -2.24. The molecule has 2 nitrogen and oxygen atoms in total. The lowest BCUT2D eigenvalue weighted by molar-refractivity contribution is 0.317. The first-order chi connectivity index (χ1) is 7.29. The average Bonchev–Trinajstić information content (AvgIpc) is 2.79. The van der Waals surface area contributed by atoms with Crippen LogP contribution in [0.5, 0.6) is 0 Å². The maximum absolute atomic E-state index is 3.28. The van der Waals surface area contributed by atoms with Gasteiger partial charge in [-0.1, -0.05) is 0 Å². The summed E-state index contributed by atoms with van der Waals surface area (Å²) in [7, 11) is 2.05. The summed E-state index contributed by atoms with van der Waals surface area (Å²) >= 11 is 1.89. The predicted molar refractivity (Wildman–Crippen MR) is 73.6 cm³/mol. The molecule has 1 N–H and O–H groups in total. The molecular weight excluding hydrogens is 240 g/mol. The van der Waals surface area contributed by atoms with Crippen LogP contribution in [-0.2, 0) is 6.54 Å². The van der Waals surface area contributed by atoms with Crippen molar-refractivity contribution in [3.63, 3.8) is 0 Å². The van der Waals surface area contributed by atoms with E-state index in [0.717, 1.165) is 12.5 Å². The summed E-state index contributed by atoms with van der Waals surface area (Å²) in [5.41, 5.74) is 1.46. The van der Waals surface area contributed by atoms with Crippen molar-refractivity contribution in [1.29, 1.82) is 0 Å². The number of hydrogen-bond donors (Lipinski definition) is 1. The molecule has 1 saturated heterocycles. The minimum atomic E-state index is 0. The summed E-state index contributed by atoms with van der Waals surface area (Å²) in [6.07, 6.45) is 1.35. The molecule has 4 heteroatoms. The lowest BCUT2D eigenvalue weighted by Gasteiger charge is -2.15. The third-order valence-corrected chi connectivity index (χ3v) is 4.21. The summed E-state index contributed by atoms with van der Waals surface area (Å²) in [6.45, 7) is 7.07. The highest BCUT2D eigenvalue weighted by molar-refractivity contribution is 7.10. The van der Waals surface area contributed by atoms with Crippen molar-refractivity contribution < 1.29 is 0 Å². The molecule has 1 unspecified atom stereocenters. The van der Waals surface area contributed by atoms with Crippen LogP contribution < -0.4 is 5.32 Å². The molecule has 0 aliphatic carbocycles. The second-order valence-electron chi connectivity index (χ2n) is 4.47. The van der Waals surface area contributed by atoms with Gasteiger partial charge in [0.25, 0.3) is 0 Å². The van der Waals surface area contributed by atoms with Gasteiger partial charge >= 0.3 is 0 Å². The van der Waals surface area contributed by atoms with Crippen LogP contribution in [0.25, 0.3) is 0 Å². The zero-order chi connectivity index (χ0) is 10.7. The minimum Gasteiger partial charge on any atom is -0.319 e. The molecule has 92 valence electrons. The van der Waals surface area contributed by atoms with Gasteiger partial charge in [0.2, 0.25) is 0 Å². The Hall–Kier alpha value is -0.0900. The van der Waals surface area contributed by atoms with E-state index in [2.05, 4.69) is 28.6 Å². The Labute approximate surface area is 108 Å². The highest BCUT2D eigenvalue weighted by atomic mass is 35.5. The zero-order valence-electron chi connectivity index (χ0n) is 10.0. The summed E-state index contributed by atoms with van der Waals surface area (Å²) in [5.74, 6) is 0.857. The molecule has 0 aromatic carbocycles. The van der Waals surface area contributed by atoms with E-state index in [-0.39, 0.29) is 12.4 Å². The maximum Gasteiger partial charge on any atom is 0.0330 e. The summed E-state index contributed by atoms with van der Waals surface area (Å²) in [6, 6.07) is 2.22. The molecule has 1 aliphatic rings. The van der Waals surface area contributed by atoms with E-state index in [1.807, 2.05) is 18.4 Å². The Morgan fingerprint density at radius 2 is 2.38 bits per heavy atom. The molecule has 0 spiro atoms. The van der Waals surface area contributed by atoms with Gasteiger partial charge in [-0.15, -0.1) is 23.7 Å².